The summed E-state index contributed by atoms with van der Waals surface area (Å²) in [5, 5.41) is 4.37. The smallest absolute Gasteiger partial charge is 0.172 e. The number of nitrogens with zero attached hydrogens (tertiary/aromatic N) is 3. The highest BCUT2D eigenvalue weighted by Gasteiger charge is 2.18. The SMILES string of the molecule is CN(C)CCn1ncc(OC2CCCCC2)c1Br. The lowest BCUT2D eigenvalue weighted by molar-refractivity contribution is 0.153. The van der Waals surface area contributed by atoms with Crippen molar-refractivity contribution in [1.82, 2.24) is 14.7 Å². The largest absolute Gasteiger partial charge is 0.486 e. The molecule has 0 bridgehead atoms. The van der Waals surface area contributed by atoms with Crippen LogP contribution in [0.2, 0.25) is 0 Å². The van der Waals surface area contributed by atoms with Crippen molar-refractivity contribution in [3.8, 4) is 5.75 Å². The summed E-state index contributed by atoms with van der Waals surface area (Å²) < 4.78 is 8.95. The fourth-order valence-electron chi connectivity index (χ4n) is 2.25. The number of halogens is 1. The van der Waals surface area contributed by atoms with Crippen LogP contribution in [0, 0.1) is 0 Å². The van der Waals surface area contributed by atoms with Gasteiger partial charge in [0, 0.05) is 6.54 Å². The van der Waals surface area contributed by atoms with E-state index in [1.807, 2.05) is 10.9 Å². The lowest BCUT2D eigenvalue weighted by Crippen LogP contribution is -2.20. The Morgan fingerprint density at radius 2 is 2.11 bits per heavy atom. The summed E-state index contributed by atoms with van der Waals surface area (Å²) in [5.74, 6) is 0.889. The van der Waals surface area contributed by atoms with E-state index in [0.29, 0.717) is 6.10 Å². The van der Waals surface area contributed by atoms with Crippen LogP contribution in [0.5, 0.6) is 5.75 Å². The first-order valence-electron chi connectivity index (χ1n) is 6.69. The third kappa shape index (κ3) is 3.72. The predicted octanol–water partition coefficient (Wildman–Crippen LogP) is 2.92. The Hall–Kier alpha value is -0.550. The van der Waals surface area contributed by atoms with Gasteiger partial charge in [0.25, 0.3) is 0 Å². The number of likely N-dealkylation sites (N-methyl/N-ethyl adjacent to an activating group) is 1. The standard InChI is InChI=1S/C13H22BrN3O/c1-16(2)8-9-17-13(14)12(10-15-17)18-11-6-4-3-5-7-11/h10-11H,3-9H2,1-2H3. The Balaban J connectivity index is 1.92. The maximum Gasteiger partial charge on any atom is 0.172 e. The third-order valence-electron chi connectivity index (χ3n) is 3.35. The molecule has 102 valence electrons. The molecular formula is C13H22BrN3O. The Bertz CT molecular complexity index is 372. The van der Waals surface area contributed by atoms with Gasteiger partial charge in [-0.05, 0) is 55.7 Å². The second kappa shape index (κ2) is 6.57. The van der Waals surface area contributed by atoms with Crippen LogP contribution < -0.4 is 4.74 Å². The molecule has 0 spiro atoms. The van der Waals surface area contributed by atoms with E-state index in [4.69, 9.17) is 4.74 Å². The molecule has 0 unspecified atom stereocenters. The van der Waals surface area contributed by atoms with Crippen LogP contribution in [0.15, 0.2) is 10.8 Å². The van der Waals surface area contributed by atoms with Crippen molar-refractivity contribution in [2.75, 3.05) is 20.6 Å². The molecule has 1 heterocycles. The van der Waals surface area contributed by atoms with Crippen LogP contribution in [0.3, 0.4) is 0 Å². The number of ether oxygens (including phenoxy) is 1. The van der Waals surface area contributed by atoms with E-state index in [1.54, 1.807) is 0 Å². The Morgan fingerprint density at radius 3 is 2.78 bits per heavy atom. The summed E-state index contributed by atoms with van der Waals surface area (Å²) in [6.45, 7) is 1.85. The normalized spacial score (nSPS) is 17.3. The fourth-order valence-corrected chi connectivity index (χ4v) is 2.71. The maximum absolute atomic E-state index is 6.03. The zero-order valence-corrected chi connectivity index (χ0v) is 12.8. The van der Waals surface area contributed by atoms with Gasteiger partial charge in [0.15, 0.2) is 5.75 Å². The van der Waals surface area contributed by atoms with Gasteiger partial charge in [0.05, 0.1) is 18.8 Å². The third-order valence-corrected chi connectivity index (χ3v) is 4.15. The molecule has 0 N–H and O–H groups in total. The van der Waals surface area contributed by atoms with E-state index in [2.05, 4.69) is 40.0 Å². The van der Waals surface area contributed by atoms with Crippen molar-refractivity contribution < 1.29 is 4.74 Å². The lowest BCUT2D eigenvalue weighted by Gasteiger charge is -2.22. The highest BCUT2D eigenvalue weighted by molar-refractivity contribution is 9.10. The molecule has 1 aromatic rings. The van der Waals surface area contributed by atoms with Crippen LogP contribution in [0.4, 0.5) is 0 Å². The molecule has 0 aliphatic heterocycles. The monoisotopic (exact) mass is 315 g/mol. The van der Waals surface area contributed by atoms with E-state index in [-0.39, 0.29) is 0 Å². The molecule has 1 aliphatic rings. The molecule has 5 heteroatoms. The summed E-state index contributed by atoms with van der Waals surface area (Å²) in [4.78, 5) is 2.15. The summed E-state index contributed by atoms with van der Waals surface area (Å²) in [5.41, 5.74) is 0. The minimum Gasteiger partial charge on any atom is -0.486 e. The first kappa shape index (κ1) is 13.9. The Labute approximate surface area is 117 Å². The molecule has 4 nitrogen and oxygen atoms in total. The van der Waals surface area contributed by atoms with Gasteiger partial charge in [-0.25, -0.2) is 0 Å². The van der Waals surface area contributed by atoms with Crippen LogP contribution in [-0.4, -0.2) is 41.4 Å². The predicted molar refractivity (Wildman–Crippen MR) is 76.0 cm³/mol. The quantitative estimate of drug-likeness (QED) is 0.837. The molecule has 1 saturated carbocycles. The number of hydrogen-bond donors (Lipinski definition) is 0. The van der Waals surface area contributed by atoms with E-state index in [9.17, 15) is 0 Å². The number of aromatic nitrogens is 2. The highest BCUT2D eigenvalue weighted by atomic mass is 79.9. The van der Waals surface area contributed by atoms with Crippen molar-refractivity contribution >= 4 is 15.9 Å². The van der Waals surface area contributed by atoms with Crippen molar-refractivity contribution in [3.05, 3.63) is 10.8 Å². The summed E-state index contributed by atoms with van der Waals surface area (Å²) in [6, 6.07) is 0. The molecule has 0 saturated heterocycles. The van der Waals surface area contributed by atoms with Gasteiger partial charge in [-0.1, -0.05) is 6.42 Å². The van der Waals surface area contributed by atoms with Crippen molar-refractivity contribution in [3.63, 3.8) is 0 Å². The molecule has 1 fully saturated rings. The van der Waals surface area contributed by atoms with Crippen molar-refractivity contribution in [1.29, 1.82) is 0 Å². The van der Waals surface area contributed by atoms with E-state index in [0.717, 1.165) is 23.4 Å². The minimum atomic E-state index is 0.376. The molecule has 0 amide bonds. The second-order valence-corrected chi connectivity index (χ2v) is 5.96. The van der Waals surface area contributed by atoms with Crippen LogP contribution in [0.1, 0.15) is 32.1 Å². The molecule has 2 rings (SSSR count). The minimum absolute atomic E-state index is 0.376. The van der Waals surface area contributed by atoms with Gasteiger partial charge in [-0.3, -0.25) is 4.68 Å². The average Bonchev–Trinajstić information content (AvgIpc) is 2.70. The van der Waals surface area contributed by atoms with Crippen molar-refractivity contribution in [2.45, 2.75) is 44.8 Å². The topological polar surface area (TPSA) is 30.3 Å². The maximum atomic E-state index is 6.03. The highest BCUT2D eigenvalue weighted by Crippen LogP contribution is 2.29. The molecular weight excluding hydrogens is 294 g/mol. The summed E-state index contributed by atoms with van der Waals surface area (Å²) >= 11 is 3.59. The van der Waals surface area contributed by atoms with E-state index < -0.39 is 0 Å². The molecule has 0 radical (unpaired) electrons. The van der Waals surface area contributed by atoms with Crippen LogP contribution in [-0.2, 0) is 6.54 Å². The summed E-state index contributed by atoms with van der Waals surface area (Å²) in [7, 11) is 4.13. The summed E-state index contributed by atoms with van der Waals surface area (Å²) in [6.07, 6.45) is 8.48. The fraction of sp³-hybridized carbons (Fsp3) is 0.769. The first-order valence-corrected chi connectivity index (χ1v) is 7.49. The van der Waals surface area contributed by atoms with Gasteiger partial charge in [-0.2, -0.15) is 5.10 Å². The van der Waals surface area contributed by atoms with Crippen LogP contribution >= 0.6 is 15.9 Å². The Morgan fingerprint density at radius 1 is 1.39 bits per heavy atom. The van der Waals surface area contributed by atoms with Crippen LogP contribution in [0.25, 0.3) is 0 Å². The second-order valence-electron chi connectivity index (χ2n) is 5.20. The van der Waals surface area contributed by atoms with Gasteiger partial charge in [0.1, 0.15) is 4.60 Å². The molecule has 0 atom stereocenters. The average molecular weight is 316 g/mol. The number of rotatable bonds is 5. The molecule has 18 heavy (non-hydrogen) atoms. The zero-order chi connectivity index (χ0) is 13.0. The molecule has 1 aliphatic carbocycles. The molecule has 0 aromatic carbocycles. The number of hydrogen-bond acceptors (Lipinski definition) is 3. The van der Waals surface area contributed by atoms with Crippen molar-refractivity contribution in [2.24, 2.45) is 0 Å². The van der Waals surface area contributed by atoms with Gasteiger partial charge >= 0.3 is 0 Å². The molecule has 1 aromatic heterocycles. The Kier molecular flexibility index (Phi) is 5.06. The van der Waals surface area contributed by atoms with E-state index >= 15 is 0 Å². The lowest BCUT2D eigenvalue weighted by atomic mass is 9.98. The van der Waals surface area contributed by atoms with Gasteiger partial charge < -0.3 is 9.64 Å². The van der Waals surface area contributed by atoms with Gasteiger partial charge in [0.2, 0.25) is 0 Å². The first-order chi connectivity index (χ1) is 8.66. The van der Waals surface area contributed by atoms with E-state index in [1.165, 1.54) is 32.1 Å². The zero-order valence-electron chi connectivity index (χ0n) is 11.2. The van der Waals surface area contributed by atoms with Gasteiger partial charge in [-0.15, -0.1) is 0 Å².